The molecule has 1 fully saturated rings. The van der Waals surface area contributed by atoms with E-state index in [1.54, 1.807) is 12.2 Å². The predicted molar refractivity (Wildman–Crippen MR) is 94.3 cm³/mol. The summed E-state index contributed by atoms with van der Waals surface area (Å²) in [6.45, 7) is 2.07. The molecule has 0 aromatic heterocycles. The third-order valence-corrected chi connectivity index (χ3v) is 4.58. The summed E-state index contributed by atoms with van der Waals surface area (Å²) in [5.41, 5.74) is 0. The number of Topliss-reactive ketones (excluding diaryl/α,β-unsaturated/α-hetero) is 1. The van der Waals surface area contributed by atoms with E-state index in [1.807, 2.05) is 0 Å². The molecule has 0 bridgehead atoms. The van der Waals surface area contributed by atoms with Gasteiger partial charge in [-0.15, -0.1) is 0 Å². The van der Waals surface area contributed by atoms with E-state index in [-0.39, 0.29) is 38.1 Å². The summed E-state index contributed by atoms with van der Waals surface area (Å²) in [7, 11) is 0. The maximum absolute atomic E-state index is 12.1. The zero-order chi connectivity index (χ0) is 19.5. The van der Waals surface area contributed by atoms with E-state index in [1.165, 1.54) is 0 Å². The number of ketones is 1. The van der Waals surface area contributed by atoms with Crippen molar-refractivity contribution in [1.82, 2.24) is 0 Å². The number of aliphatic carboxylic acids is 1. The number of aliphatic hydroxyl groups is 2. The average molecular weight is 370 g/mol. The first-order valence-electron chi connectivity index (χ1n) is 9.29. The van der Waals surface area contributed by atoms with Crippen LogP contribution in [-0.2, 0) is 19.1 Å². The van der Waals surface area contributed by atoms with Gasteiger partial charge in [0, 0.05) is 24.7 Å². The molecule has 0 heterocycles. The number of ether oxygens (including phenoxy) is 1. The Bertz CT molecular complexity index is 500. The molecule has 7 heteroatoms. The van der Waals surface area contributed by atoms with Crippen LogP contribution >= 0.6 is 0 Å². The summed E-state index contributed by atoms with van der Waals surface area (Å²) < 4.78 is 4.97. The van der Waals surface area contributed by atoms with Gasteiger partial charge in [0.1, 0.15) is 5.78 Å². The highest BCUT2D eigenvalue weighted by molar-refractivity contribution is 5.88. The number of carbonyl (C=O) groups excluding carboxylic acids is 2. The highest BCUT2D eigenvalue weighted by atomic mass is 16.5. The van der Waals surface area contributed by atoms with Crippen LogP contribution in [0, 0.1) is 11.8 Å². The van der Waals surface area contributed by atoms with E-state index in [2.05, 4.69) is 6.92 Å². The zero-order valence-electron chi connectivity index (χ0n) is 15.3. The quantitative estimate of drug-likeness (QED) is 0.272. The Morgan fingerprint density at radius 3 is 2.69 bits per heavy atom. The second-order valence-electron chi connectivity index (χ2n) is 6.79. The number of rotatable bonds is 12. The van der Waals surface area contributed by atoms with Gasteiger partial charge in [-0.05, 0) is 12.8 Å². The van der Waals surface area contributed by atoms with Crippen LogP contribution in [0.15, 0.2) is 12.2 Å². The molecule has 0 radical (unpaired) electrons. The van der Waals surface area contributed by atoms with E-state index < -0.39 is 36.0 Å². The Hall–Kier alpha value is -1.73. The zero-order valence-corrected chi connectivity index (χ0v) is 15.3. The number of hydrogen-bond donors (Lipinski definition) is 3. The number of hydrogen-bond acceptors (Lipinski definition) is 6. The topological polar surface area (TPSA) is 121 Å². The fourth-order valence-electron chi connectivity index (χ4n) is 3.09. The molecule has 26 heavy (non-hydrogen) atoms. The van der Waals surface area contributed by atoms with Crippen LogP contribution in [0.4, 0.5) is 0 Å². The van der Waals surface area contributed by atoms with Crippen LogP contribution in [-0.4, -0.2) is 51.9 Å². The van der Waals surface area contributed by atoms with Gasteiger partial charge in [-0.2, -0.15) is 0 Å². The molecule has 0 amide bonds. The lowest BCUT2D eigenvalue weighted by atomic mass is 9.90. The Labute approximate surface area is 154 Å². The van der Waals surface area contributed by atoms with E-state index >= 15 is 0 Å². The van der Waals surface area contributed by atoms with Crippen LogP contribution in [0.1, 0.15) is 58.3 Å². The summed E-state index contributed by atoms with van der Waals surface area (Å²) >= 11 is 0. The predicted octanol–water partition coefficient (Wildman–Crippen LogP) is 1.85. The van der Waals surface area contributed by atoms with Gasteiger partial charge in [0.15, 0.2) is 0 Å². The van der Waals surface area contributed by atoms with E-state index in [0.717, 1.165) is 19.3 Å². The molecule has 1 rings (SSSR count). The van der Waals surface area contributed by atoms with Crippen molar-refractivity contribution >= 4 is 17.7 Å². The van der Waals surface area contributed by atoms with Gasteiger partial charge in [0.25, 0.3) is 0 Å². The smallest absolute Gasteiger partial charge is 0.306 e. The summed E-state index contributed by atoms with van der Waals surface area (Å²) in [5.74, 6) is -2.93. The van der Waals surface area contributed by atoms with E-state index in [9.17, 15) is 24.6 Å². The summed E-state index contributed by atoms with van der Waals surface area (Å²) in [5, 5.41) is 28.6. The first kappa shape index (κ1) is 22.3. The Morgan fingerprint density at radius 2 is 2.04 bits per heavy atom. The van der Waals surface area contributed by atoms with Crippen molar-refractivity contribution in [3.63, 3.8) is 0 Å². The monoisotopic (exact) mass is 370 g/mol. The average Bonchev–Trinajstić information content (AvgIpc) is 2.83. The lowest BCUT2D eigenvalue weighted by molar-refractivity contribution is -0.147. The normalized spacial score (nSPS) is 24.1. The molecule has 4 atom stereocenters. The molecule has 0 unspecified atom stereocenters. The van der Waals surface area contributed by atoms with Crippen LogP contribution in [0.25, 0.3) is 0 Å². The van der Waals surface area contributed by atoms with Gasteiger partial charge in [-0.25, -0.2) is 0 Å². The Morgan fingerprint density at radius 1 is 1.31 bits per heavy atom. The summed E-state index contributed by atoms with van der Waals surface area (Å²) in [4.78, 5) is 34.4. The van der Waals surface area contributed by atoms with Gasteiger partial charge in [-0.1, -0.05) is 38.3 Å². The lowest BCUT2D eigenvalue weighted by Crippen LogP contribution is -2.23. The highest BCUT2D eigenvalue weighted by Gasteiger charge is 2.41. The first-order chi connectivity index (χ1) is 12.3. The number of esters is 1. The molecule has 0 aromatic rings. The van der Waals surface area contributed by atoms with Gasteiger partial charge in [0.2, 0.25) is 0 Å². The van der Waals surface area contributed by atoms with E-state index in [0.29, 0.717) is 6.42 Å². The van der Waals surface area contributed by atoms with Gasteiger partial charge in [0.05, 0.1) is 25.2 Å². The summed E-state index contributed by atoms with van der Waals surface area (Å²) in [6.07, 6.45) is 5.31. The van der Waals surface area contributed by atoms with Crippen molar-refractivity contribution in [2.75, 3.05) is 6.61 Å². The lowest BCUT2D eigenvalue weighted by Gasteiger charge is -2.17. The van der Waals surface area contributed by atoms with Crippen molar-refractivity contribution < 1.29 is 34.4 Å². The molecule has 148 valence electrons. The van der Waals surface area contributed by atoms with Gasteiger partial charge < -0.3 is 20.1 Å². The van der Waals surface area contributed by atoms with Crippen LogP contribution < -0.4 is 0 Å². The van der Waals surface area contributed by atoms with Crippen molar-refractivity contribution in [2.24, 2.45) is 11.8 Å². The molecule has 0 saturated heterocycles. The van der Waals surface area contributed by atoms with Crippen LogP contribution in [0.3, 0.4) is 0 Å². The maximum Gasteiger partial charge on any atom is 0.306 e. The SMILES string of the molecule is CCCCC[C@H](O)/C=C/[C@H]1[C@H](O)CC(=O)[C@@H]1CC(=O)OCCCC(=O)O. The molecule has 1 aliphatic carbocycles. The van der Waals surface area contributed by atoms with Crippen molar-refractivity contribution in [2.45, 2.75) is 70.5 Å². The number of carbonyl (C=O) groups is 3. The van der Waals surface area contributed by atoms with E-state index in [4.69, 9.17) is 9.84 Å². The third kappa shape index (κ3) is 8.10. The number of carboxylic acids is 1. The molecular formula is C19H30O7. The standard InChI is InChI=1S/C19H30O7/c1-2-3-4-6-13(20)8-9-14-15(17(22)12-16(14)21)11-19(25)26-10-5-7-18(23)24/h8-9,13-16,20-21H,2-7,10-12H2,1H3,(H,23,24)/b9-8+/t13-,14+,15+,16+/m0/s1. The minimum absolute atomic E-state index is 0.00868. The van der Waals surface area contributed by atoms with Crippen molar-refractivity contribution in [1.29, 1.82) is 0 Å². The van der Waals surface area contributed by atoms with Gasteiger partial charge in [-0.3, -0.25) is 14.4 Å². The Balaban J connectivity index is 2.51. The minimum atomic E-state index is -0.960. The number of unbranched alkanes of at least 4 members (excludes halogenated alkanes) is 2. The molecule has 0 aliphatic heterocycles. The molecule has 3 N–H and O–H groups in total. The number of aliphatic hydroxyl groups excluding tert-OH is 2. The van der Waals surface area contributed by atoms with Crippen LogP contribution in [0.5, 0.6) is 0 Å². The third-order valence-electron chi connectivity index (χ3n) is 4.58. The molecule has 7 nitrogen and oxygen atoms in total. The second-order valence-corrected chi connectivity index (χ2v) is 6.79. The second kappa shape index (κ2) is 11.8. The number of carboxylic acid groups (broad SMARTS) is 1. The van der Waals surface area contributed by atoms with Crippen molar-refractivity contribution in [3.8, 4) is 0 Å². The van der Waals surface area contributed by atoms with Crippen LogP contribution in [0.2, 0.25) is 0 Å². The molecule has 1 aliphatic rings. The van der Waals surface area contributed by atoms with Gasteiger partial charge >= 0.3 is 11.9 Å². The molecule has 0 spiro atoms. The van der Waals surface area contributed by atoms with Crippen molar-refractivity contribution in [3.05, 3.63) is 12.2 Å². The highest BCUT2D eigenvalue weighted by Crippen LogP contribution is 2.33. The largest absolute Gasteiger partial charge is 0.481 e. The molecule has 1 saturated carbocycles. The molecule has 0 aromatic carbocycles. The molecular weight excluding hydrogens is 340 g/mol. The summed E-state index contributed by atoms with van der Waals surface area (Å²) in [6, 6.07) is 0. The minimum Gasteiger partial charge on any atom is -0.481 e. The maximum atomic E-state index is 12.1. The first-order valence-corrected chi connectivity index (χ1v) is 9.29. The fourth-order valence-corrected chi connectivity index (χ4v) is 3.09. The Kier molecular flexibility index (Phi) is 10.1. The fraction of sp³-hybridized carbons (Fsp3) is 0.737.